The molecule has 0 bridgehead atoms. The van der Waals surface area contributed by atoms with Crippen molar-refractivity contribution in [3.63, 3.8) is 0 Å². The summed E-state index contributed by atoms with van der Waals surface area (Å²) < 4.78 is 63.0. The molecule has 3 N–H and O–H groups in total. The fourth-order valence-corrected chi connectivity index (χ4v) is 5.70. The molecule has 0 unspecified atom stereocenters. The summed E-state index contributed by atoms with van der Waals surface area (Å²) in [6, 6.07) is 20.0. The summed E-state index contributed by atoms with van der Waals surface area (Å²) in [5, 5.41) is 24.0. The monoisotopic (exact) mass is 670 g/mol. The Morgan fingerprint density at radius 3 is 2.19 bits per heavy atom. The van der Waals surface area contributed by atoms with Crippen molar-refractivity contribution in [2.45, 2.75) is 70.7 Å². The molecule has 4 rings (SSSR count). The fourth-order valence-electron chi connectivity index (χ4n) is 5.70. The summed E-state index contributed by atoms with van der Waals surface area (Å²) in [6.07, 6.45) is -6.97. The molecule has 0 fully saturated rings. The number of carbonyl (C=O) groups is 2. The lowest BCUT2D eigenvalue weighted by atomic mass is 9.92. The van der Waals surface area contributed by atoms with E-state index < -0.39 is 42.0 Å². The minimum Gasteiger partial charge on any atom is -0.469 e. The van der Waals surface area contributed by atoms with Crippen molar-refractivity contribution in [2.75, 3.05) is 7.11 Å². The highest BCUT2D eigenvalue weighted by molar-refractivity contribution is 6.05. The number of aliphatic hydroxyl groups is 2. The van der Waals surface area contributed by atoms with Gasteiger partial charge in [0.1, 0.15) is 17.3 Å². The first kappa shape index (κ1) is 36.2. The number of amides is 1. The molecule has 0 aliphatic heterocycles. The summed E-state index contributed by atoms with van der Waals surface area (Å²) in [6.45, 7) is 3.67. The van der Waals surface area contributed by atoms with Crippen molar-refractivity contribution in [1.82, 2.24) is 9.88 Å². The van der Waals surface area contributed by atoms with Gasteiger partial charge in [-0.3, -0.25) is 9.59 Å². The van der Waals surface area contributed by atoms with E-state index in [9.17, 15) is 37.4 Å². The number of alkyl halides is 3. The van der Waals surface area contributed by atoms with Crippen LogP contribution < -0.4 is 10.1 Å². The van der Waals surface area contributed by atoms with Crippen molar-refractivity contribution in [3.05, 3.63) is 102 Å². The van der Waals surface area contributed by atoms with Gasteiger partial charge in [0, 0.05) is 29.4 Å². The standard InChI is InChI=1S/C36H38F4N2O6/c1-22(2)42-30(17-16-27(43)19-28(44)20-31(45)47-3)32(25-12-14-26(37)15-13-25)33(24-9-5-4-6-10-24)34(42)35(46)41-21-23-8-7-11-29(18-23)48-36(38,39)40/h4-15,18,22,27-28,43-44H,16-17,19-21H2,1-3H3,(H,41,46)/t27-,28-/m1/s1. The molecule has 1 amide bonds. The number of hydrogen-bond donors (Lipinski definition) is 3. The van der Waals surface area contributed by atoms with E-state index in [-0.39, 0.29) is 44.0 Å². The molecule has 3 aromatic carbocycles. The first-order chi connectivity index (χ1) is 22.8. The predicted octanol–water partition coefficient (Wildman–Crippen LogP) is 6.98. The van der Waals surface area contributed by atoms with E-state index in [1.807, 2.05) is 48.7 Å². The maximum atomic E-state index is 14.2. The number of aromatic nitrogens is 1. The molecule has 0 radical (unpaired) electrons. The van der Waals surface area contributed by atoms with Crippen molar-refractivity contribution in [1.29, 1.82) is 0 Å². The minimum absolute atomic E-state index is 0.0840. The number of nitrogens with one attached hydrogen (secondary N) is 1. The number of benzene rings is 3. The van der Waals surface area contributed by atoms with Crippen molar-refractivity contribution in [2.24, 2.45) is 0 Å². The minimum atomic E-state index is -4.87. The normalized spacial score (nSPS) is 12.9. The van der Waals surface area contributed by atoms with Gasteiger partial charge in [-0.25, -0.2) is 4.39 Å². The Morgan fingerprint density at radius 2 is 1.56 bits per heavy atom. The van der Waals surface area contributed by atoms with Gasteiger partial charge in [0.25, 0.3) is 5.91 Å². The highest BCUT2D eigenvalue weighted by atomic mass is 19.4. The number of ether oxygens (including phenoxy) is 2. The van der Waals surface area contributed by atoms with E-state index in [1.165, 1.54) is 37.4 Å². The number of aliphatic hydroxyl groups excluding tert-OH is 2. The summed E-state index contributed by atoms with van der Waals surface area (Å²) in [4.78, 5) is 25.8. The Bertz CT molecular complexity index is 1690. The van der Waals surface area contributed by atoms with Crippen LogP contribution in [-0.4, -0.2) is 52.3 Å². The van der Waals surface area contributed by atoms with Crippen molar-refractivity contribution < 1.29 is 46.8 Å². The molecule has 2 atom stereocenters. The van der Waals surface area contributed by atoms with Crippen LogP contribution in [0.25, 0.3) is 22.3 Å². The van der Waals surface area contributed by atoms with Crippen molar-refractivity contribution >= 4 is 11.9 Å². The third-order valence-electron chi connectivity index (χ3n) is 7.71. The van der Waals surface area contributed by atoms with E-state index in [0.29, 0.717) is 33.5 Å². The zero-order valence-corrected chi connectivity index (χ0v) is 26.8. The predicted molar refractivity (Wildman–Crippen MR) is 172 cm³/mol. The van der Waals surface area contributed by atoms with Gasteiger partial charge in [-0.15, -0.1) is 13.2 Å². The number of methoxy groups -OCH3 is 1. The van der Waals surface area contributed by atoms with Crippen LogP contribution >= 0.6 is 0 Å². The highest BCUT2D eigenvalue weighted by Crippen LogP contribution is 2.42. The molecular weight excluding hydrogens is 632 g/mol. The van der Waals surface area contributed by atoms with Crippen LogP contribution in [0.1, 0.15) is 60.9 Å². The molecule has 12 heteroatoms. The second-order valence-corrected chi connectivity index (χ2v) is 11.6. The van der Waals surface area contributed by atoms with Gasteiger partial charge in [-0.1, -0.05) is 54.6 Å². The first-order valence-corrected chi connectivity index (χ1v) is 15.4. The van der Waals surface area contributed by atoms with Gasteiger partial charge in [-0.2, -0.15) is 0 Å². The quantitative estimate of drug-likeness (QED) is 0.0987. The maximum Gasteiger partial charge on any atom is 0.573 e. The number of esters is 1. The summed E-state index contributed by atoms with van der Waals surface area (Å²) in [7, 11) is 1.21. The van der Waals surface area contributed by atoms with E-state index in [1.54, 1.807) is 18.2 Å². The molecular formula is C36H38F4N2O6. The largest absolute Gasteiger partial charge is 0.573 e. The summed E-state index contributed by atoms with van der Waals surface area (Å²) >= 11 is 0. The Balaban J connectivity index is 1.79. The zero-order chi connectivity index (χ0) is 35.0. The first-order valence-electron chi connectivity index (χ1n) is 15.4. The van der Waals surface area contributed by atoms with Gasteiger partial charge in [-0.05, 0) is 74.1 Å². The highest BCUT2D eigenvalue weighted by Gasteiger charge is 2.32. The fraction of sp³-hybridized carbons (Fsp3) is 0.333. The second kappa shape index (κ2) is 15.9. The van der Waals surface area contributed by atoms with Crippen LogP contribution in [0, 0.1) is 5.82 Å². The van der Waals surface area contributed by atoms with Crippen molar-refractivity contribution in [3.8, 4) is 28.0 Å². The van der Waals surface area contributed by atoms with E-state index in [4.69, 9.17) is 0 Å². The summed E-state index contributed by atoms with van der Waals surface area (Å²) in [5.41, 5.74) is 3.83. The number of carbonyl (C=O) groups excluding carboxylic acids is 2. The number of hydrogen-bond acceptors (Lipinski definition) is 6. The van der Waals surface area contributed by atoms with Crippen LogP contribution in [0.5, 0.6) is 5.75 Å². The Labute approximate surface area is 275 Å². The van der Waals surface area contributed by atoms with Gasteiger partial charge in [0.15, 0.2) is 0 Å². The van der Waals surface area contributed by atoms with Gasteiger partial charge < -0.3 is 29.6 Å². The van der Waals surface area contributed by atoms with Crippen LogP contribution in [0.3, 0.4) is 0 Å². The number of halogens is 4. The van der Waals surface area contributed by atoms with Gasteiger partial charge in [0.2, 0.25) is 0 Å². The van der Waals surface area contributed by atoms with Crippen LogP contribution in [0.4, 0.5) is 17.6 Å². The summed E-state index contributed by atoms with van der Waals surface area (Å²) in [5.74, 6) is -1.98. The lowest BCUT2D eigenvalue weighted by molar-refractivity contribution is -0.274. The van der Waals surface area contributed by atoms with E-state index in [2.05, 4.69) is 14.8 Å². The smallest absolute Gasteiger partial charge is 0.469 e. The third-order valence-corrected chi connectivity index (χ3v) is 7.71. The molecule has 0 aliphatic rings. The SMILES string of the molecule is COC(=O)C[C@H](O)C[C@H](O)CCc1c(-c2ccc(F)cc2)c(-c2ccccc2)c(C(=O)NCc2cccc(OC(F)(F)F)c2)n1C(C)C. The van der Waals surface area contributed by atoms with E-state index >= 15 is 0 Å². The maximum absolute atomic E-state index is 14.2. The average molecular weight is 671 g/mol. The zero-order valence-electron chi connectivity index (χ0n) is 26.8. The van der Waals surface area contributed by atoms with Gasteiger partial charge >= 0.3 is 12.3 Å². The molecule has 0 saturated heterocycles. The molecule has 256 valence electrons. The molecule has 4 aromatic rings. The van der Waals surface area contributed by atoms with Gasteiger partial charge in [0.05, 0.1) is 25.7 Å². The molecule has 8 nitrogen and oxygen atoms in total. The lowest BCUT2D eigenvalue weighted by Crippen LogP contribution is -2.27. The second-order valence-electron chi connectivity index (χ2n) is 11.6. The molecule has 0 spiro atoms. The third kappa shape index (κ3) is 9.45. The topological polar surface area (TPSA) is 110 Å². The van der Waals surface area contributed by atoms with Crippen LogP contribution in [0.2, 0.25) is 0 Å². The molecule has 0 aliphatic carbocycles. The molecule has 0 saturated carbocycles. The molecule has 48 heavy (non-hydrogen) atoms. The average Bonchev–Trinajstić information content (AvgIpc) is 3.38. The Hall–Kier alpha value is -4.68. The number of nitrogens with zero attached hydrogens (tertiary/aromatic N) is 1. The Morgan fingerprint density at radius 1 is 0.896 bits per heavy atom. The van der Waals surface area contributed by atoms with Crippen LogP contribution in [0.15, 0.2) is 78.9 Å². The molecule has 1 heterocycles. The van der Waals surface area contributed by atoms with Crippen LogP contribution in [-0.2, 0) is 22.5 Å². The lowest BCUT2D eigenvalue weighted by Gasteiger charge is -2.20. The number of rotatable bonds is 14. The molecule has 1 aromatic heterocycles. The van der Waals surface area contributed by atoms with E-state index in [0.717, 1.165) is 0 Å². The Kier molecular flexibility index (Phi) is 12.0.